The van der Waals surface area contributed by atoms with Gasteiger partial charge in [0.05, 0.1) is 14.2 Å². The van der Waals surface area contributed by atoms with E-state index in [4.69, 9.17) is 13.9 Å². The van der Waals surface area contributed by atoms with Crippen molar-refractivity contribution in [3.8, 4) is 11.5 Å². The maximum Gasteiger partial charge on any atom is 0.294 e. The van der Waals surface area contributed by atoms with Crippen LogP contribution in [0.25, 0.3) is 11.0 Å². The third-order valence-electron chi connectivity index (χ3n) is 4.89. The summed E-state index contributed by atoms with van der Waals surface area (Å²) in [5, 5.41) is 2.96. The van der Waals surface area contributed by atoms with E-state index in [0.717, 1.165) is 21.0 Å². The molecule has 2 heterocycles. The summed E-state index contributed by atoms with van der Waals surface area (Å²) >= 11 is 3.21. The van der Waals surface area contributed by atoms with Crippen molar-refractivity contribution in [2.45, 2.75) is 17.0 Å². The Balaban J connectivity index is 1.68. The van der Waals surface area contributed by atoms with Crippen molar-refractivity contribution in [3.05, 3.63) is 64.9 Å². The monoisotopic (exact) mass is 454 g/mol. The predicted octanol–water partition coefficient (Wildman–Crippen LogP) is 5.78. The molecule has 6 nitrogen and oxygen atoms in total. The second-order valence-corrected chi connectivity index (χ2v) is 8.93. The smallest absolute Gasteiger partial charge is 0.294 e. The van der Waals surface area contributed by atoms with Crippen LogP contribution >= 0.6 is 23.1 Å². The number of fused-ring (bicyclic) bond motifs is 1. The van der Waals surface area contributed by atoms with Gasteiger partial charge in [-0.1, -0.05) is 30.0 Å². The number of furan rings is 1. The van der Waals surface area contributed by atoms with Crippen LogP contribution in [0.4, 0.5) is 5.69 Å². The lowest BCUT2D eigenvalue weighted by molar-refractivity contribution is 0.0967. The lowest BCUT2D eigenvalue weighted by atomic mass is 10.1. The van der Waals surface area contributed by atoms with Crippen LogP contribution in [-0.2, 0) is 5.75 Å². The average Bonchev–Trinajstić information content (AvgIpc) is 3.39. The van der Waals surface area contributed by atoms with Crippen molar-refractivity contribution >= 4 is 45.7 Å². The molecular formula is C23H22N2O4S2. The Labute approximate surface area is 188 Å². The molecule has 0 saturated carbocycles. The summed E-state index contributed by atoms with van der Waals surface area (Å²) in [5.41, 5.74) is 3.23. The number of hydrogen-bond acceptors (Lipinski definition) is 7. The van der Waals surface area contributed by atoms with E-state index in [0.29, 0.717) is 34.3 Å². The van der Waals surface area contributed by atoms with E-state index in [-0.39, 0.29) is 5.91 Å². The van der Waals surface area contributed by atoms with Gasteiger partial charge < -0.3 is 18.8 Å². The quantitative estimate of drug-likeness (QED) is 0.330. The Bertz CT molecular complexity index is 1230. The average molecular weight is 455 g/mol. The molecule has 0 atom stereocenters. The molecule has 0 saturated heterocycles. The molecule has 0 aliphatic rings. The molecular weight excluding hydrogens is 432 g/mol. The van der Waals surface area contributed by atoms with Gasteiger partial charge >= 0.3 is 0 Å². The number of thioether (sulfide) groups is 1. The second kappa shape index (κ2) is 9.03. The van der Waals surface area contributed by atoms with Crippen LogP contribution in [0.5, 0.6) is 11.5 Å². The summed E-state index contributed by atoms with van der Waals surface area (Å²) in [7, 11) is 4.87. The van der Waals surface area contributed by atoms with Gasteiger partial charge in [-0.15, -0.1) is 11.3 Å². The number of anilines is 1. The molecule has 1 amide bonds. The molecule has 0 spiro atoms. The maximum absolute atomic E-state index is 13.4. The number of aromatic nitrogens is 1. The number of ether oxygens (including phenoxy) is 2. The summed E-state index contributed by atoms with van der Waals surface area (Å²) < 4.78 is 17.7. The van der Waals surface area contributed by atoms with Gasteiger partial charge in [0.2, 0.25) is 0 Å². The van der Waals surface area contributed by atoms with Crippen molar-refractivity contribution in [2.24, 2.45) is 0 Å². The fraction of sp³-hybridized carbons (Fsp3) is 0.217. The first-order valence-corrected chi connectivity index (χ1v) is 11.4. The molecule has 0 unspecified atom stereocenters. The van der Waals surface area contributed by atoms with Crippen molar-refractivity contribution in [1.29, 1.82) is 0 Å². The number of rotatable bonds is 7. The largest absolute Gasteiger partial charge is 0.493 e. The summed E-state index contributed by atoms with van der Waals surface area (Å²) in [5.74, 6) is 1.85. The fourth-order valence-corrected chi connectivity index (χ4v) is 5.13. The number of nitrogens with zero attached hydrogens (tertiary/aromatic N) is 2. The zero-order chi connectivity index (χ0) is 22.0. The molecule has 0 aliphatic carbocycles. The molecule has 8 heteroatoms. The van der Waals surface area contributed by atoms with Gasteiger partial charge in [-0.05, 0) is 25.1 Å². The number of amides is 1. The minimum atomic E-state index is -0.227. The summed E-state index contributed by atoms with van der Waals surface area (Å²) in [6, 6.07) is 13.1. The van der Waals surface area contributed by atoms with E-state index in [2.05, 4.69) is 4.98 Å². The minimum Gasteiger partial charge on any atom is -0.493 e. The van der Waals surface area contributed by atoms with Gasteiger partial charge in [0.25, 0.3) is 5.91 Å². The Hall–Kier alpha value is -2.97. The SMILES string of the molecule is COc1ccc(N(C)C(=O)c2oc3ccccc3c2CSc2nc(C)cs2)cc1OC. The highest BCUT2D eigenvalue weighted by Crippen LogP contribution is 2.35. The number of benzene rings is 2. The topological polar surface area (TPSA) is 64.8 Å². The molecule has 160 valence electrons. The standard InChI is InChI=1S/C23H22N2O4S2/c1-14-12-30-23(24-14)31-13-17-16-7-5-6-8-18(16)29-21(17)22(26)25(2)15-9-10-19(27-3)20(11-15)28-4/h5-12H,13H2,1-4H3. The molecule has 0 N–H and O–H groups in total. The second-order valence-electron chi connectivity index (χ2n) is 6.85. The lowest BCUT2D eigenvalue weighted by Gasteiger charge is -2.18. The molecule has 4 aromatic rings. The number of carbonyl (C=O) groups excluding carboxylic acids is 1. The van der Waals surface area contributed by atoms with Crippen LogP contribution < -0.4 is 14.4 Å². The zero-order valence-corrected chi connectivity index (χ0v) is 19.3. The number of hydrogen-bond donors (Lipinski definition) is 0. The molecule has 4 rings (SSSR count). The third kappa shape index (κ3) is 4.26. The summed E-state index contributed by atoms with van der Waals surface area (Å²) in [6.45, 7) is 1.97. The first-order valence-electron chi connectivity index (χ1n) is 9.57. The highest BCUT2D eigenvalue weighted by molar-refractivity contribution is 8.00. The molecule has 0 bridgehead atoms. The van der Waals surface area contributed by atoms with Crippen LogP contribution in [-0.4, -0.2) is 32.2 Å². The predicted molar refractivity (Wildman–Crippen MR) is 125 cm³/mol. The summed E-state index contributed by atoms with van der Waals surface area (Å²) in [4.78, 5) is 19.5. The van der Waals surface area contributed by atoms with Crippen molar-refractivity contribution in [1.82, 2.24) is 4.98 Å². The molecule has 2 aromatic heterocycles. The van der Waals surface area contributed by atoms with Gasteiger partial charge in [-0.3, -0.25) is 4.79 Å². The molecule has 31 heavy (non-hydrogen) atoms. The van der Waals surface area contributed by atoms with E-state index in [1.165, 1.54) is 0 Å². The van der Waals surface area contributed by atoms with Crippen molar-refractivity contribution in [2.75, 3.05) is 26.2 Å². The van der Waals surface area contributed by atoms with Gasteiger partial charge in [0.15, 0.2) is 17.3 Å². The van der Waals surface area contributed by atoms with E-state index >= 15 is 0 Å². The van der Waals surface area contributed by atoms with Crippen molar-refractivity contribution in [3.63, 3.8) is 0 Å². The van der Waals surface area contributed by atoms with Crippen LogP contribution in [0.1, 0.15) is 21.8 Å². The van der Waals surface area contributed by atoms with Gasteiger partial charge in [-0.2, -0.15) is 0 Å². The van der Waals surface area contributed by atoms with Gasteiger partial charge in [0.1, 0.15) is 9.92 Å². The van der Waals surface area contributed by atoms with Crippen LogP contribution in [0, 0.1) is 6.92 Å². The normalized spacial score (nSPS) is 11.0. The maximum atomic E-state index is 13.4. The fourth-order valence-electron chi connectivity index (χ4n) is 3.25. The highest BCUT2D eigenvalue weighted by Gasteiger charge is 2.25. The van der Waals surface area contributed by atoms with Gasteiger partial charge in [-0.25, -0.2) is 4.98 Å². The first-order chi connectivity index (χ1) is 15.0. The Morgan fingerprint density at radius 3 is 2.65 bits per heavy atom. The van der Waals surface area contributed by atoms with Crippen LogP contribution in [0.2, 0.25) is 0 Å². The minimum absolute atomic E-state index is 0.227. The van der Waals surface area contributed by atoms with E-state index < -0.39 is 0 Å². The molecule has 0 radical (unpaired) electrons. The molecule has 0 fully saturated rings. The Morgan fingerprint density at radius 2 is 1.94 bits per heavy atom. The van der Waals surface area contributed by atoms with E-state index in [1.54, 1.807) is 61.4 Å². The number of thiazole rings is 1. The molecule has 0 aliphatic heterocycles. The highest BCUT2D eigenvalue weighted by atomic mass is 32.2. The van der Waals surface area contributed by atoms with Crippen LogP contribution in [0.3, 0.4) is 0 Å². The van der Waals surface area contributed by atoms with Gasteiger partial charge in [0, 0.05) is 46.6 Å². The number of methoxy groups -OCH3 is 2. The van der Waals surface area contributed by atoms with E-state index in [1.807, 2.05) is 42.6 Å². The number of para-hydroxylation sites is 1. The van der Waals surface area contributed by atoms with Crippen molar-refractivity contribution < 1.29 is 18.7 Å². The Kier molecular flexibility index (Phi) is 6.20. The lowest BCUT2D eigenvalue weighted by Crippen LogP contribution is -2.26. The number of carbonyl (C=O) groups is 1. The summed E-state index contributed by atoms with van der Waals surface area (Å²) in [6.07, 6.45) is 0. The molecule has 2 aromatic carbocycles. The Morgan fingerprint density at radius 1 is 1.16 bits per heavy atom. The third-order valence-corrected chi connectivity index (χ3v) is 7.05. The van der Waals surface area contributed by atoms with E-state index in [9.17, 15) is 4.79 Å². The zero-order valence-electron chi connectivity index (χ0n) is 17.7. The number of aryl methyl sites for hydroxylation is 1. The first kappa shape index (κ1) is 21.3. The van der Waals surface area contributed by atoms with Crippen LogP contribution in [0.15, 0.2) is 56.6 Å².